The third-order valence-corrected chi connectivity index (χ3v) is 3.49. The summed E-state index contributed by atoms with van der Waals surface area (Å²) in [6, 6.07) is -0.426. The molecule has 0 N–H and O–H groups in total. The van der Waals surface area contributed by atoms with E-state index in [1.807, 2.05) is 0 Å². The van der Waals surface area contributed by atoms with Gasteiger partial charge in [-0.25, -0.2) is 17.2 Å². The number of rotatable bonds is 3. The van der Waals surface area contributed by atoms with Crippen LogP contribution in [0.25, 0.3) is 0 Å². The Morgan fingerprint density at radius 1 is 1.25 bits per heavy atom. The van der Waals surface area contributed by atoms with Crippen molar-refractivity contribution in [2.24, 2.45) is 0 Å². The van der Waals surface area contributed by atoms with Crippen LogP contribution >= 0.6 is 10.7 Å². The Hall–Kier alpha value is -1.49. The molecule has 0 aliphatic rings. The number of alkyl halides is 5. The van der Waals surface area contributed by atoms with Crippen LogP contribution in [0.5, 0.6) is 0 Å². The van der Waals surface area contributed by atoms with Gasteiger partial charge in [-0.15, -0.1) is 0 Å². The summed E-state index contributed by atoms with van der Waals surface area (Å²) in [5, 5.41) is 10.5. The first-order chi connectivity index (χ1) is 8.85. The van der Waals surface area contributed by atoms with E-state index in [-0.39, 0.29) is 12.1 Å². The fourth-order valence-corrected chi connectivity index (χ4v) is 2.41. The number of hydrogen-bond acceptors (Lipinski definition) is 4. The Labute approximate surface area is 112 Å². The lowest BCUT2D eigenvalue weighted by Crippen LogP contribution is -2.13. The summed E-state index contributed by atoms with van der Waals surface area (Å²) in [5.41, 5.74) is -5.01. The predicted molar refractivity (Wildman–Crippen MR) is 56.1 cm³/mol. The maximum atomic E-state index is 12.6. The van der Waals surface area contributed by atoms with Crippen LogP contribution in [-0.2, 0) is 15.2 Å². The van der Waals surface area contributed by atoms with Crippen molar-refractivity contribution in [2.45, 2.75) is 17.5 Å². The summed E-state index contributed by atoms with van der Waals surface area (Å²) >= 11 is 0. The quantitative estimate of drug-likeness (QED) is 0.365. The maximum absolute atomic E-state index is 12.6. The van der Waals surface area contributed by atoms with Gasteiger partial charge in [0.2, 0.25) is 0 Å². The van der Waals surface area contributed by atoms with Crippen LogP contribution in [-0.4, -0.2) is 13.3 Å². The topological polar surface area (TPSA) is 77.3 Å². The highest BCUT2D eigenvalue weighted by molar-refractivity contribution is 8.13. The lowest BCUT2D eigenvalue weighted by molar-refractivity contribution is -0.386. The zero-order chi connectivity index (χ0) is 15.9. The van der Waals surface area contributed by atoms with E-state index in [4.69, 9.17) is 10.7 Å². The zero-order valence-corrected chi connectivity index (χ0v) is 10.6. The van der Waals surface area contributed by atoms with E-state index >= 15 is 0 Å². The molecule has 0 saturated heterocycles. The first-order valence-electron chi connectivity index (χ1n) is 4.48. The Morgan fingerprint density at radius 2 is 1.75 bits per heavy atom. The molecule has 0 amide bonds. The highest BCUT2D eigenvalue weighted by atomic mass is 35.7. The van der Waals surface area contributed by atoms with Gasteiger partial charge in [-0.3, -0.25) is 10.1 Å². The average molecular weight is 340 g/mol. The van der Waals surface area contributed by atoms with E-state index in [9.17, 15) is 40.5 Å². The number of hydrogen-bond donors (Lipinski definition) is 0. The molecule has 0 aromatic heterocycles. The molecule has 20 heavy (non-hydrogen) atoms. The molecule has 0 heterocycles. The lowest BCUT2D eigenvalue weighted by atomic mass is 10.1. The highest BCUT2D eigenvalue weighted by Crippen LogP contribution is 2.41. The van der Waals surface area contributed by atoms with Crippen LogP contribution in [0.15, 0.2) is 17.0 Å². The van der Waals surface area contributed by atoms with Crippen LogP contribution in [0.4, 0.5) is 27.6 Å². The predicted octanol–water partition coefficient (Wildman–Crippen LogP) is 3.48. The van der Waals surface area contributed by atoms with Crippen LogP contribution in [0, 0.1) is 10.1 Å². The van der Waals surface area contributed by atoms with Crippen LogP contribution in [0.1, 0.15) is 17.6 Å². The summed E-state index contributed by atoms with van der Waals surface area (Å²) in [4.78, 5) is 7.45. The molecule has 0 unspecified atom stereocenters. The van der Waals surface area contributed by atoms with Crippen molar-refractivity contribution in [3.63, 3.8) is 0 Å². The molecule has 0 bridgehead atoms. The van der Waals surface area contributed by atoms with Crippen molar-refractivity contribution in [2.75, 3.05) is 0 Å². The maximum Gasteiger partial charge on any atom is 0.417 e. The monoisotopic (exact) mass is 339 g/mol. The first kappa shape index (κ1) is 16.6. The number of nitro benzene ring substituents is 1. The lowest BCUT2D eigenvalue weighted by Gasteiger charge is -2.12. The Bertz CT molecular complexity index is 658. The minimum Gasteiger partial charge on any atom is -0.258 e. The van der Waals surface area contributed by atoms with E-state index in [0.717, 1.165) is 0 Å². The molecule has 0 fully saturated rings. The minimum absolute atomic E-state index is 0.132. The summed E-state index contributed by atoms with van der Waals surface area (Å²) in [5.74, 6) is 0. The van der Waals surface area contributed by atoms with Crippen molar-refractivity contribution >= 4 is 25.4 Å². The van der Waals surface area contributed by atoms with Gasteiger partial charge in [0.25, 0.3) is 21.2 Å². The smallest absolute Gasteiger partial charge is 0.258 e. The van der Waals surface area contributed by atoms with Crippen molar-refractivity contribution < 1.29 is 35.3 Å². The van der Waals surface area contributed by atoms with Crippen LogP contribution in [0.2, 0.25) is 0 Å². The van der Waals surface area contributed by atoms with E-state index in [1.54, 1.807) is 0 Å². The van der Waals surface area contributed by atoms with Crippen molar-refractivity contribution in [1.29, 1.82) is 0 Å². The van der Waals surface area contributed by atoms with Gasteiger partial charge >= 0.3 is 6.18 Å². The van der Waals surface area contributed by atoms with E-state index < -0.39 is 48.3 Å². The Balaban J connectivity index is 3.85. The summed E-state index contributed by atoms with van der Waals surface area (Å²) < 4.78 is 84.9. The second-order valence-corrected chi connectivity index (χ2v) is 5.93. The molecule has 0 aliphatic heterocycles. The largest absolute Gasteiger partial charge is 0.417 e. The first-order valence-corrected chi connectivity index (χ1v) is 6.79. The van der Waals surface area contributed by atoms with Gasteiger partial charge in [0.15, 0.2) is 0 Å². The molecule has 0 saturated carbocycles. The molecule has 12 heteroatoms. The minimum atomic E-state index is -5.32. The Morgan fingerprint density at radius 3 is 2.05 bits per heavy atom. The summed E-state index contributed by atoms with van der Waals surface area (Å²) in [6.07, 6.45) is -8.92. The van der Waals surface area contributed by atoms with Crippen LogP contribution < -0.4 is 0 Å². The molecule has 0 atom stereocenters. The molecule has 1 aromatic carbocycles. The molecule has 0 aliphatic carbocycles. The van der Waals surface area contributed by atoms with Gasteiger partial charge in [0.05, 0.1) is 16.1 Å². The number of nitrogens with zero attached hydrogens (tertiary/aromatic N) is 1. The van der Waals surface area contributed by atoms with Crippen LogP contribution in [0.3, 0.4) is 0 Å². The number of benzene rings is 1. The molecular formula is C8H3ClF5NO4S. The van der Waals surface area contributed by atoms with Gasteiger partial charge in [-0.2, -0.15) is 13.2 Å². The van der Waals surface area contributed by atoms with Gasteiger partial charge in [-0.05, 0) is 6.07 Å². The Kier molecular flexibility index (Phi) is 4.25. The zero-order valence-electron chi connectivity index (χ0n) is 8.99. The molecule has 1 rings (SSSR count). The van der Waals surface area contributed by atoms with E-state index in [0.29, 0.717) is 0 Å². The fraction of sp³-hybridized carbons (Fsp3) is 0.250. The van der Waals surface area contributed by atoms with Gasteiger partial charge < -0.3 is 0 Å². The highest BCUT2D eigenvalue weighted by Gasteiger charge is 2.40. The van der Waals surface area contributed by atoms with Crippen molar-refractivity contribution in [3.05, 3.63) is 33.4 Å². The number of nitro groups is 1. The van der Waals surface area contributed by atoms with Gasteiger partial charge in [0, 0.05) is 16.7 Å². The molecule has 5 nitrogen and oxygen atoms in total. The third kappa shape index (κ3) is 3.33. The van der Waals surface area contributed by atoms with Gasteiger partial charge in [-0.1, -0.05) is 0 Å². The molecule has 0 spiro atoms. The summed E-state index contributed by atoms with van der Waals surface area (Å²) in [6.45, 7) is 0. The fourth-order valence-electron chi connectivity index (χ4n) is 1.34. The second kappa shape index (κ2) is 5.13. The number of halogens is 6. The normalized spacial score (nSPS) is 12.8. The summed E-state index contributed by atoms with van der Waals surface area (Å²) in [7, 11) is -0.272. The molecule has 0 radical (unpaired) electrons. The van der Waals surface area contributed by atoms with E-state index in [2.05, 4.69) is 0 Å². The standard InChI is InChI=1S/C8H3ClF5NO4S/c9-20(18,19)6-2-5(15(16)17)3(7(10)11)1-4(6)8(12,13)14/h1-2,7H. The van der Waals surface area contributed by atoms with E-state index in [1.165, 1.54) is 0 Å². The van der Waals surface area contributed by atoms with Gasteiger partial charge in [0.1, 0.15) is 4.90 Å². The molecule has 1 aromatic rings. The molecular weight excluding hydrogens is 337 g/mol. The third-order valence-electron chi connectivity index (χ3n) is 2.13. The van der Waals surface area contributed by atoms with Crippen molar-refractivity contribution in [3.8, 4) is 0 Å². The van der Waals surface area contributed by atoms with Crippen molar-refractivity contribution in [1.82, 2.24) is 0 Å². The SMILES string of the molecule is O=[N+]([O-])c1cc(S(=O)(=O)Cl)c(C(F)(F)F)cc1C(F)F. The average Bonchev–Trinajstić information content (AvgIpc) is 2.24. The molecule has 112 valence electrons. The second-order valence-electron chi connectivity index (χ2n) is 3.40.